The Bertz CT molecular complexity index is 858. The maximum atomic E-state index is 12.6. The first-order valence-corrected chi connectivity index (χ1v) is 9.45. The van der Waals surface area contributed by atoms with Crippen LogP contribution >= 0.6 is 12.4 Å². The fraction of sp³-hybridized carbons (Fsp3) is 0.474. The van der Waals surface area contributed by atoms with Crippen molar-refractivity contribution in [2.45, 2.75) is 38.6 Å². The highest BCUT2D eigenvalue weighted by Gasteiger charge is 2.29. The summed E-state index contributed by atoms with van der Waals surface area (Å²) in [6.07, 6.45) is 5.57. The average molecular weight is 405 g/mol. The lowest BCUT2D eigenvalue weighted by Gasteiger charge is -2.22. The van der Waals surface area contributed by atoms with Crippen LogP contribution in [0, 0.1) is 12.8 Å². The number of amides is 2. The van der Waals surface area contributed by atoms with Crippen molar-refractivity contribution in [3.63, 3.8) is 0 Å². The molecule has 1 aromatic carbocycles. The van der Waals surface area contributed by atoms with Crippen molar-refractivity contribution >= 4 is 35.6 Å². The van der Waals surface area contributed by atoms with Crippen molar-refractivity contribution in [3.8, 4) is 0 Å². The van der Waals surface area contributed by atoms with E-state index in [1.54, 1.807) is 16.9 Å². The van der Waals surface area contributed by atoms with Gasteiger partial charge in [-0.15, -0.1) is 17.5 Å². The minimum Gasteiger partial charge on any atom is -0.326 e. The molecule has 2 heterocycles. The largest absolute Gasteiger partial charge is 0.326 e. The van der Waals surface area contributed by atoms with Crippen LogP contribution in [0.4, 0.5) is 11.4 Å². The molecule has 0 radical (unpaired) electrons. The van der Waals surface area contributed by atoms with Gasteiger partial charge in [-0.05, 0) is 63.4 Å². The van der Waals surface area contributed by atoms with E-state index < -0.39 is 0 Å². The number of carbonyl (C=O) groups excluding carboxylic acids is 2. The maximum Gasteiger partial charge on any atom is 0.277 e. The number of anilines is 2. The first-order chi connectivity index (χ1) is 13.1. The van der Waals surface area contributed by atoms with Gasteiger partial charge in [0.25, 0.3) is 5.91 Å². The second-order valence-electron chi connectivity index (χ2n) is 7.31. The third-order valence-electron chi connectivity index (χ3n) is 5.13. The second kappa shape index (κ2) is 8.70. The predicted octanol–water partition coefficient (Wildman–Crippen LogP) is 2.53. The summed E-state index contributed by atoms with van der Waals surface area (Å²) in [6, 6.07) is 5.79. The molecule has 0 atom stereocenters. The van der Waals surface area contributed by atoms with E-state index >= 15 is 0 Å². The molecule has 150 valence electrons. The SMILES string of the molecule is Cc1ccc(NC(=O)C2CC2)cc1NC(=O)c1cn(C2CCNCC2)nn1.Cl. The molecule has 2 aromatic rings. The van der Waals surface area contributed by atoms with Crippen LogP contribution in [0.25, 0.3) is 0 Å². The Morgan fingerprint density at radius 2 is 1.89 bits per heavy atom. The van der Waals surface area contributed by atoms with Crippen molar-refractivity contribution in [1.29, 1.82) is 0 Å². The molecule has 1 saturated heterocycles. The van der Waals surface area contributed by atoms with Gasteiger partial charge in [0.15, 0.2) is 5.69 Å². The maximum absolute atomic E-state index is 12.6. The molecule has 3 N–H and O–H groups in total. The van der Waals surface area contributed by atoms with Gasteiger partial charge in [0.2, 0.25) is 5.91 Å². The molecule has 0 bridgehead atoms. The van der Waals surface area contributed by atoms with Crippen LogP contribution < -0.4 is 16.0 Å². The Kier molecular flexibility index (Phi) is 6.31. The molecule has 8 nitrogen and oxygen atoms in total. The Balaban J connectivity index is 0.00000225. The summed E-state index contributed by atoms with van der Waals surface area (Å²) in [7, 11) is 0. The summed E-state index contributed by atoms with van der Waals surface area (Å²) >= 11 is 0. The molecule has 28 heavy (non-hydrogen) atoms. The van der Waals surface area contributed by atoms with Gasteiger partial charge in [0.1, 0.15) is 0 Å². The number of aromatic nitrogens is 3. The van der Waals surface area contributed by atoms with E-state index in [-0.39, 0.29) is 36.2 Å². The molecule has 9 heteroatoms. The van der Waals surface area contributed by atoms with Crippen LogP contribution in [0.3, 0.4) is 0 Å². The second-order valence-corrected chi connectivity index (χ2v) is 7.31. The lowest BCUT2D eigenvalue weighted by atomic mass is 10.1. The number of nitrogens with one attached hydrogen (secondary N) is 3. The van der Waals surface area contributed by atoms with Crippen LogP contribution in [-0.4, -0.2) is 39.9 Å². The predicted molar refractivity (Wildman–Crippen MR) is 109 cm³/mol. The van der Waals surface area contributed by atoms with Gasteiger partial charge in [-0.2, -0.15) is 0 Å². The molecule has 1 aromatic heterocycles. The van der Waals surface area contributed by atoms with Gasteiger partial charge in [0, 0.05) is 17.3 Å². The number of hydrogen-bond acceptors (Lipinski definition) is 5. The number of rotatable bonds is 5. The van der Waals surface area contributed by atoms with E-state index in [2.05, 4.69) is 26.3 Å². The van der Waals surface area contributed by atoms with Crippen LogP contribution in [0.5, 0.6) is 0 Å². The highest BCUT2D eigenvalue weighted by molar-refractivity contribution is 6.03. The van der Waals surface area contributed by atoms with Crippen LogP contribution in [0.1, 0.15) is 47.8 Å². The molecule has 1 saturated carbocycles. The average Bonchev–Trinajstić information content (AvgIpc) is 3.42. The highest BCUT2D eigenvalue weighted by Crippen LogP contribution is 2.31. The number of hydrogen-bond donors (Lipinski definition) is 3. The Hall–Kier alpha value is -2.45. The van der Waals surface area contributed by atoms with Crippen LogP contribution in [0.15, 0.2) is 24.4 Å². The van der Waals surface area contributed by atoms with Crippen LogP contribution in [-0.2, 0) is 4.79 Å². The summed E-state index contributed by atoms with van der Waals surface area (Å²) in [5.41, 5.74) is 2.55. The number of nitrogens with zero attached hydrogens (tertiary/aromatic N) is 3. The summed E-state index contributed by atoms with van der Waals surface area (Å²) in [5, 5.41) is 17.3. The summed E-state index contributed by atoms with van der Waals surface area (Å²) in [6.45, 7) is 3.81. The van der Waals surface area contributed by atoms with Gasteiger partial charge < -0.3 is 16.0 Å². The van der Waals surface area contributed by atoms with Gasteiger partial charge in [-0.3, -0.25) is 9.59 Å². The lowest BCUT2D eigenvalue weighted by Crippen LogP contribution is -2.29. The van der Waals surface area contributed by atoms with E-state index in [4.69, 9.17) is 0 Å². The van der Waals surface area contributed by atoms with E-state index in [1.807, 2.05) is 19.1 Å². The standard InChI is InChI=1S/C19H24N6O2.ClH/c1-12-2-5-14(21-18(26)13-3-4-13)10-16(12)22-19(27)17-11-25(24-23-17)15-6-8-20-9-7-15;/h2,5,10-11,13,15,20H,3-4,6-9H2,1H3,(H,21,26)(H,22,27);1H. The van der Waals surface area contributed by atoms with Gasteiger partial charge in [-0.25, -0.2) is 4.68 Å². The van der Waals surface area contributed by atoms with E-state index in [9.17, 15) is 9.59 Å². The lowest BCUT2D eigenvalue weighted by molar-refractivity contribution is -0.117. The minimum absolute atomic E-state index is 0. The Morgan fingerprint density at radius 1 is 1.14 bits per heavy atom. The van der Waals surface area contributed by atoms with Gasteiger partial charge in [-0.1, -0.05) is 11.3 Å². The third kappa shape index (κ3) is 4.69. The number of carbonyl (C=O) groups is 2. The van der Waals surface area contributed by atoms with Crippen molar-refractivity contribution in [2.75, 3.05) is 23.7 Å². The number of piperidine rings is 1. The topological polar surface area (TPSA) is 101 Å². The fourth-order valence-corrected chi connectivity index (χ4v) is 3.24. The van der Waals surface area contributed by atoms with Crippen molar-refractivity contribution in [1.82, 2.24) is 20.3 Å². The smallest absolute Gasteiger partial charge is 0.277 e. The zero-order chi connectivity index (χ0) is 18.8. The molecule has 2 aliphatic rings. The summed E-state index contributed by atoms with van der Waals surface area (Å²) in [4.78, 5) is 24.5. The molecule has 2 amide bonds. The van der Waals surface area contributed by atoms with Crippen molar-refractivity contribution < 1.29 is 9.59 Å². The van der Waals surface area contributed by atoms with Crippen molar-refractivity contribution in [2.24, 2.45) is 5.92 Å². The monoisotopic (exact) mass is 404 g/mol. The molecule has 0 unspecified atom stereocenters. The van der Waals surface area contributed by atoms with Crippen LogP contribution in [0.2, 0.25) is 0 Å². The summed E-state index contributed by atoms with van der Waals surface area (Å²) in [5.74, 6) is -0.126. The molecule has 1 aliphatic heterocycles. The molecule has 2 fully saturated rings. The normalized spacial score (nSPS) is 16.9. The first kappa shape index (κ1) is 20.3. The quantitative estimate of drug-likeness (QED) is 0.710. The minimum atomic E-state index is -0.302. The molecular formula is C19H25ClN6O2. The number of benzene rings is 1. The number of halogens is 1. The fourth-order valence-electron chi connectivity index (χ4n) is 3.24. The van der Waals surface area contributed by atoms with Gasteiger partial charge >= 0.3 is 0 Å². The van der Waals surface area contributed by atoms with E-state index in [1.165, 1.54) is 0 Å². The Labute approximate surface area is 169 Å². The zero-order valence-electron chi connectivity index (χ0n) is 15.8. The zero-order valence-corrected chi connectivity index (χ0v) is 16.6. The molecule has 4 rings (SSSR count). The molecule has 0 spiro atoms. The van der Waals surface area contributed by atoms with E-state index in [0.717, 1.165) is 44.3 Å². The third-order valence-corrected chi connectivity index (χ3v) is 5.13. The van der Waals surface area contributed by atoms with Gasteiger partial charge in [0.05, 0.1) is 12.2 Å². The number of aryl methyl sites for hydroxylation is 1. The Morgan fingerprint density at radius 3 is 2.61 bits per heavy atom. The van der Waals surface area contributed by atoms with E-state index in [0.29, 0.717) is 17.1 Å². The van der Waals surface area contributed by atoms with Crippen molar-refractivity contribution in [3.05, 3.63) is 35.7 Å². The summed E-state index contributed by atoms with van der Waals surface area (Å²) < 4.78 is 1.79. The molecular weight excluding hydrogens is 380 g/mol. The molecule has 1 aliphatic carbocycles. The highest BCUT2D eigenvalue weighted by atomic mass is 35.5. The first-order valence-electron chi connectivity index (χ1n) is 9.45.